The predicted octanol–water partition coefficient (Wildman–Crippen LogP) is 8.51. The van der Waals surface area contributed by atoms with Crippen LogP contribution in [-0.4, -0.2) is 0 Å². The topological polar surface area (TPSA) is 0 Å². The second-order valence-electron chi connectivity index (χ2n) is 4.91. The summed E-state index contributed by atoms with van der Waals surface area (Å²) in [6, 6.07) is 17.3. The van der Waals surface area contributed by atoms with Gasteiger partial charge in [-0.15, -0.1) is 0 Å². The minimum Gasteiger partial charge on any atom is -0.0843 e. The smallest absolute Gasteiger partial charge is 0.0578 e. The highest BCUT2D eigenvalue weighted by atomic mass is 79.9. The van der Waals surface area contributed by atoms with E-state index in [1.807, 2.05) is 54.6 Å². The Bertz CT molecular complexity index is 874. The van der Waals surface area contributed by atoms with Gasteiger partial charge in [0, 0.05) is 30.1 Å². The minimum absolute atomic E-state index is 0.614. The van der Waals surface area contributed by atoms with Gasteiger partial charge in [-0.25, -0.2) is 0 Å². The lowest BCUT2D eigenvalue weighted by atomic mass is 9.98. The molecule has 0 amide bonds. The number of hydrogen-bond donors (Lipinski definition) is 0. The molecule has 0 fully saturated rings. The average Bonchev–Trinajstić information content (AvgIpc) is 2.50. The van der Waals surface area contributed by atoms with E-state index in [9.17, 15) is 0 Å². The molecule has 116 valence electrons. The number of benzene rings is 3. The Morgan fingerprint density at radius 1 is 0.696 bits per heavy atom. The van der Waals surface area contributed by atoms with E-state index in [1.54, 1.807) is 0 Å². The highest BCUT2D eigenvalue weighted by Gasteiger charge is 2.15. The number of hydrogen-bond acceptors (Lipinski definition) is 0. The van der Waals surface area contributed by atoms with Gasteiger partial charge in [-0.3, -0.25) is 0 Å². The van der Waals surface area contributed by atoms with Crippen molar-refractivity contribution in [2.24, 2.45) is 0 Å². The van der Waals surface area contributed by atoms with Crippen molar-refractivity contribution >= 4 is 66.7 Å². The van der Waals surface area contributed by atoms with Gasteiger partial charge in [0.15, 0.2) is 0 Å². The highest BCUT2D eigenvalue weighted by molar-refractivity contribution is 9.10. The third kappa shape index (κ3) is 3.62. The first kappa shape index (κ1) is 17.3. The average molecular weight is 491 g/mol. The number of rotatable bonds is 2. The van der Waals surface area contributed by atoms with E-state index in [4.69, 9.17) is 34.8 Å². The Hall–Kier alpha value is -0.510. The van der Waals surface area contributed by atoms with E-state index < -0.39 is 0 Å². The van der Waals surface area contributed by atoms with Gasteiger partial charge >= 0.3 is 0 Å². The Morgan fingerprint density at radius 3 is 2.00 bits per heavy atom. The molecule has 0 N–H and O–H groups in total. The van der Waals surface area contributed by atoms with E-state index in [0.717, 1.165) is 31.2 Å². The normalized spacial score (nSPS) is 10.8. The molecular formula is C18H9Br2Cl3. The largest absolute Gasteiger partial charge is 0.0843 e. The van der Waals surface area contributed by atoms with Crippen LogP contribution in [0.4, 0.5) is 0 Å². The molecule has 0 bridgehead atoms. The summed E-state index contributed by atoms with van der Waals surface area (Å²) in [5, 5.41) is 1.90. The summed E-state index contributed by atoms with van der Waals surface area (Å²) in [7, 11) is 0. The second-order valence-corrected chi connectivity index (χ2v) is 7.91. The standard InChI is InChI=1S/C18H9Br2Cl3/c19-11-3-1-10(2-4-11)17-16(22)8-7-14(18(17)23)13-6-5-12(21)9-15(13)20/h1-9H. The van der Waals surface area contributed by atoms with E-state index in [0.29, 0.717) is 15.1 Å². The molecule has 0 saturated carbocycles. The molecule has 5 heteroatoms. The van der Waals surface area contributed by atoms with Crippen molar-refractivity contribution in [3.63, 3.8) is 0 Å². The van der Waals surface area contributed by atoms with Crippen LogP contribution in [-0.2, 0) is 0 Å². The second kappa shape index (κ2) is 7.16. The predicted molar refractivity (Wildman–Crippen MR) is 108 cm³/mol. The Kier molecular flexibility index (Phi) is 5.39. The fourth-order valence-corrected chi connectivity index (χ4v) is 4.20. The van der Waals surface area contributed by atoms with Crippen molar-refractivity contribution in [3.8, 4) is 22.3 Å². The summed E-state index contributed by atoms with van der Waals surface area (Å²) < 4.78 is 1.89. The maximum Gasteiger partial charge on any atom is 0.0578 e. The zero-order valence-corrected chi connectivity index (χ0v) is 17.0. The van der Waals surface area contributed by atoms with Crippen molar-refractivity contribution in [1.82, 2.24) is 0 Å². The van der Waals surface area contributed by atoms with Crippen LogP contribution in [0.5, 0.6) is 0 Å². The fraction of sp³-hybridized carbons (Fsp3) is 0. The Morgan fingerprint density at radius 2 is 1.35 bits per heavy atom. The van der Waals surface area contributed by atoms with Crippen LogP contribution in [0.3, 0.4) is 0 Å². The quantitative estimate of drug-likeness (QED) is 0.337. The molecule has 0 heterocycles. The third-order valence-corrected chi connectivity index (χ3v) is 5.57. The third-order valence-electron chi connectivity index (χ3n) is 3.45. The van der Waals surface area contributed by atoms with Gasteiger partial charge in [-0.1, -0.05) is 90.9 Å². The van der Waals surface area contributed by atoms with Crippen LogP contribution in [0.2, 0.25) is 15.1 Å². The van der Waals surface area contributed by atoms with E-state index >= 15 is 0 Å². The summed E-state index contributed by atoms with van der Waals surface area (Å²) in [5.41, 5.74) is 3.65. The molecular weight excluding hydrogens is 482 g/mol. The first-order valence-electron chi connectivity index (χ1n) is 6.66. The fourth-order valence-electron chi connectivity index (χ4n) is 2.35. The molecule has 3 aromatic rings. The molecule has 0 atom stereocenters. The lowest BCUT2D eigenvalue weighted by Crippen LogP contribution is -1.88. The van der Waals surface area contributed by atoms with Gasteiger partial charge in [0.2, 0.25) is 0 Å². The van der Waals surface area contributed by atoms with Gasteiger partial charge in [-0.05, 0) is 41.5 Å². The van der Waals surface area contributed by atoms with Gasteiger partial charge < -0.3 is 0 Å². The minimum atomic E-state index is 0.614. The molecule has 3 aromatic carbocycles. The molecule has 23 heavy (non-hydrogen) atoms. The van der Waals surface area contributed by atoms with Gasteiger partial charge in [-0.2, -0.15) is 0 Å². The SMILES string of the molecule is Clc1ccc(-c2ccc(Cl)c(-c3ccc(Br)cc3)c2Cl)c(Br)c1. The maximum absolute atomic E-state index is 6.68. The van der Waals surface area contributed by atoms with Crippen LogP contribution in [0, 0.1) is 0 Å². The molecule has 0 saturated heterocycles. The van der Waals surface area contributed by atoms with Gasteiger partial charge in [0.05, 0.1) is 5.02 Å². The summed E-state index contributed by atoms with van der Waals surface area (Å²) in [5.74, 6) is 0. The molecule has 3 rings (SSSR count). The summed E-state index contributed by atoms with van der Waals surface area (Å²) in [6.45, 7) is 0. The van der Waals surface area contributed by atoms with Crippen LogP contribution in [0.15, 0.2) is 63.5 Å². The molecule has 0 aromatic heterocycles. The molecule has 0 aliphatic carbocycles. The van der Waals surface area contributed by atoms with Crippen LogP contribution in [0.25, 0.3) is 22.3 Å². The van der Waals surface area contributed by atoms with Crippen LogP contribution < -0.4 is 0 Å². The molecule has 0 aliphatic heterocycles. The van der Waals surface area contributed by atoms with Crippen molar-refractivity contribution < 1.29 is 0 Å². The molecule has 0 spiro atoms. The molecule has 0 unspecified atom stereocenters. The zero-order chi connectivity index (χ0) is 16.6. The van der Waals surface area contributed by atoms with Crippen LogP contribution in [0.1, 0.15) is 0 Å². The van der Waals surface area contributed by atoms with Crippen molar-refractivity contribution in [3.05, 3.63) is 78.6 Å². The molecule has 0 aliphatic rings. The van der Waals surface area contributed by atoms with Crippen molar-refractivity contribution in [2.75, 3.05) is 0 Å². The summed E-state index contributed by atoms with van der Waals surface area (Å²) in [6.07, 6.45) is 0. The van der Waals surface area contributed by atoms with Gasteiger partial charge in [0.25, 0.3) is 0 Å². The summed E-state index contributed by atoms with van der Waals surface area (Å²) in [4.78, 5) is 0. The molecule has 0 nitrogen and oxygen atoms in total. The van der Waals surface area contributed by atoms with E-state index in [2.05, 4.69) is 31.9 Å². The first-order chi connectivity index (χ1) is 11.0. The Labute approximate surface area is 166 Å². The van der Waals surface area contributed by atoms with Gasteiger partial charge in [0.1, 0.15) is 0 Å². The lowest BCUT2D eigenvalue weighted by Gasteiger charge is -2.14. The van der Waals surface area contributed by atoms with Crippen molar-refractivity contribution in [1.29, 1.82) is 0 Å². The first-order valence-corrected chi connectivity index (χ1v) is 9.38. The number of halogens is 5. The lowest BCUT2D eigenvalue weighted by molar-refractivity contribution is 1.56. The summed E-state index contributed by atoms with van der Waals surface area (Å²) >= 11 is 26.1. The zero-order valence-electron chi connectivity index (χ0n) is 11.6. The van der Waals surface area contributed by atoms with E-state index in [1.165, 1.54) is 0 Å². The van der Waals surface area contributed by atoms with Crippen LogP contribution >= 0.6 is 66.7 Å². The maximum atomic E-state index is 6.68. The monoisotopic (exact) mass is 488 g/mol. The highest BCUT2D eigenvalue weighted by Crippen LogP contribution is 2.43. The molecule has 0 radical (unpaired) electrons. The Balaban J connectivity index is 2.21. The van der Waals surface area contributed by atoms with E-state index in [-0.39, 0.29) is 0 Å². The van der Waals surface area contributed by atoms with Crippen molar-refractivity contribution in [2.45, 2.75) is 0 Å².